The SMILES string of the molecule is COc1ccc(C(=O)N2CCc3ccc(NC(=O)[C@@H]4CCCN(S(=O)(=O)c5cc(C)ccc5OC)C4)cc32)cc1. The van der Waals surface area contributed by atoms with E-state index < -0.39 is 15.9 Å². The predicted octanol–water partition coefficient (Wildman–Crippen LogP) is 4.25. The van der Waals surface area contributed by atoms with Gasteiger partial charge in [0.25, 0.3) is 5.91 Å². The smallest absolute Gasteiger partial charge is 0.258 e. The second-order valence-corrected chi connectivity index (χ2v) is 12.0. The second-order valence-electron chi connectivity index (χ2n) is 10.1. The van der Waals surface area contributed by atoms with Gasteiger partial charge in [0.2, 0.25) is 15.9 Å². The minimum atomic E-state index is -3.85. The van der Waals surface area contributed by atoms with E-state index in [0.717, 1.165) is 23.2 Å². The maximum atomic E-state index is 13.5. The Morgan fingerprint density at radius 3 is 2.45 bits per heavy atom. The molecule has 210 valence electrons. The van der Waals surface area contributed by atoms with Crippen LogP contribution < -0.4 is 19.7 Å². The number of fused-ring (bicyclic) bond motifs is 1. The molecular formula is C30H33N3O6S. The predicted molar refractivity (Wildman–Crippen MR) is 153 cm³/mol. The highest BCUT2D eigenvalue weighted by Gasteiger charge is 2.35. The second kappa shape index (κ2) is 11.3. The van der Waals surface area contributed by atoms with Crippen molar-refractivity contribution in [1.82, 2.24) is 4.31 Å². The highest BCUT2D eigenvalue weighted by molar-refractivity contribution is 7.89. The molecule has 0 saturated carbocycles. The Morgan fingerprint density at radius 1 is 0.950 bits per heavy atom. The normalized spacial score (nSPS) is 17.3. The van der Waals surface area contributed by atoms with Gasteiger partial charge in [-0.1, -0.05) is 12.1 Å². The van der Waals surface area contributed by atoms with E-state index in [0.29, 0.717) is 42.9 Å². The molecule has 2 amide bonds. The number of benzene rings is 3. The van der Waals surface area contributed by atoms with Crippen LogP contribution in [-0.4, -0.2) is 58.4 Å². The standard InChI is InChI=1S/C30H33N3O6S/c1-20-6-13-27(39-3)28(17-20)40(36,37)32-15-4-5-23(19-32)29(34)31-24-10-7-21-14-16-33(26(21)18-24)30(35)22-8-11-25(38-2)12-9-22/h6-13,17-18,23H,4-5,14-16,19H2,1-3H3,(H,31,34)/t23-/m1/s1. The zero-order chi connectivity index (χ0) is 28.4. The first kappa shape index (κ1) is 27.7. The topological polar surface area (TPSA) is 105 Å². The van der Waals surface area contributed by atoms with E-state index in [4.69, 9.17) is 9.47 Å². The van der Waals surface area contributed by atoms with Crippen LogP contribution in [0.25, 0.3) is 0 Å². The molecule has 3 aromatic rings. The van der Waals surface area contributed by atoms with Gasteiger partial charge in [0.1, 0.15) is 16.4 Å². The van der Waals surface area contributed by atoms with Crippen LogP contribution in [0.15, 0.2) is 65.6 Å². The lowest BCUT2D eigenvalue weighted by Crippen LogP contribution is -2.43. The number of anilines is 2. The Kier molecular flexibility index (Phi) is 7.82. The monoisotopic (exact) mass is 563 g/mol. The van der Waals surface area contributed by atoms with Crippen LogP contribution in [0.3, 0.4) is 0 Å². The van der Waals surface area contributed by atoms with Gasteiger partial charge in [0.05, 0.1) is 20.1 Å². The summed E-state index contributed by atoms with van der Waals surface area (Å²) in [5.74, 6) is 0.0795. The Morgan fingerprint density at radius 2 is 1.73 bits per heavy atom. The number of nitrogens with one attached hydrogen (secondary N) is 1. The zero-order valence-electron chi connectivity index (χ0n) is 22.8. The van der Waals surface area contributed by atoms with Crippen molar-refractivity contribution in [2.75, 3.05) is 44.1 Å². The number of hydrogen-bond donors (Lipinski definition) is 1. The van der Waals surface area contributed by atoms with Gasteiger partial charge in [-0.25, -0.2) is 8.42 Å². The van der Waals surface area contributed by atoms with Crippen molar-refractivity contribution in [2.45, 2.75) is 31.1 Å². The first-order chi connectivity index (χ1) is 19.2. The summed E-state index contributed by atoms with van der Waals surface area (Å²) in [7, 11) is -0.825. The molecule has 1 atom stereocenters. The Balaban J connectivity index is 1.30. The molecule has 1 saturated heterocycles. The number of carbonyl (C=O) groups is 2. The molecule has 0 bridgehead atoms. The number of methoxy groups -OCH3 is 2. The molecule has 0 radical (unpaired) electrons. The van der Waals surface area contributed by atoms with Gasteiger partial charge in [0, 0.05) is 36.6 Å². The third-order valence-corrected chi connectivity index (χ3v) is 9.41. The van der Waals surface area contributed by atoms with E-state index in [2.05, 4.69) is 5.32 Å². The molecule has 3 aromatic carbocycles. The molecule has 1 fully saturated rings. The zero-order valence-corrected chi connectivity index (χ0v) is 23.7. The molecule has 1 N–H and O–H groups in total. The number of carbonyl (C=O) groups excluding carboxylic acids is 2. The van der Waals surface area contributed by atoms with Crippen molar-refractivity contribution in [3.63, 3.8) is 0 Å². The molecule has 0 aliphatic carbocycles. The number of aryl methyl sites for hydroxylation is 1. The summed E-state index contributed by atoms with van der Waals surface area (Å²) in [5.41, 5.74) is 3.72. The molecule has 5 rings (SSSR count). The van der Waals surface area contributed by atoms with E-state index in [9.17, 15) is 18.0 Å². The molecule has 2 heterocycles. The number of amides is 2. The maximum absolute atomic E-state index is 13.5. The number of piperidine rings is 1. The summed E-state index contributed by atoms with van der Waals surface area (Å²) >= 11 is 0. The van der Waals surface area contributed by atoms with Crippen molar-refractivity contribution in [1.29, 1.82) is 0 Å². The van der Waals surface area contributed by atoms with Crippen molar-refractivity contribution in [2.24, 2.45) is 5.92 Å². The van der Waals surface area contributed by atoms with E-state index >= 15 is 0 Å². The highest BCUT2D eigenvalue weighted by atomic mass is 32.2. The van der Waals surface area contributed by atoms with Crippen molar-refractivity contribution in [3.05, 3.63) is 77.4 Å². The average Bonchev–Trinajstić information content (AvgIpc) is 3.40. The number of ether oxygens (including phenoxy) is 2. The lowest BCUT2D eigenvalue weighted by atomic mass is 9.98. The fraction of sp³-hybridized carbons (Fsp3) is 0.333. The van der Waals surface area contributed by atoms with Crippen LogP contribution in [0, 0.1) is 12.8 Å². The number of sulfonamides is 1. The Bertz CT molecular complexity index is 1540. The van der Waals surface area contributed by atoms with Crippen LogP contribution >= 0.6 is 0 Å². The number of hydrogen-bond acceptors (Lipinski definition) is 6. The van der Waals surface area contributed by atoms with Crippen molar-refractivity contribution < 1.29 is 27.5 Å². The fourth-order valence-corrected chi connectivity index (χ4v) is 7.07. The summed E-state index contributed by atoms with van der Waals surface area (Å²) in [6.45, 7) is 2.80. The summed E-state index contributed by atoms with van der Waals surface area (Å²) in [4.78, 5) is 28.4. The first-order valence-corrected chi connectivity index (χ1v) is 14.7. The maximum Gasteiger partial charge on any atom is 0.258 e. The third-order valence-electron chi connectivity index (χ3n) is 7.52. The summed E-state index contributed by atoms with van der Waals surface area (Å²) in [6.07, 6.45) is 1.87. The minimum Gasteiger partial charge on any atom is -0.497 e. The molecule has 0 unspecified atom stereocenters. The van der Waals surface area contributed by atoms with Crippen LogP contribution in [0.2, 0.25) is 0 Å². The van der Waals surface area contributed by atoms with E-state index in [1.807, 2.05) is 25.1 Å². The van der Waals surface area contributed by atoms with E-state index in [-0.39, 0.29) is 29.0 Å². The first-order valence-electron chi connectivity index (χ1n) is 13.3. The van der Waals surface area contributed by atoms with E-state index in [1.54, 1.807) is 54.5 Å². The lowest BCUT2D eigenvalue weighted by Gasteiger charge is -2.31. The van der Waals surface area contributed by atoms with E-state index in [1.165, 1.54) is 11.4 Å². The van der Waals surface area contributed by atoms with Crippen LogP contribution in [0.5, 0.6) is 11.5 Å². The van der Waals surface area contributed by atoms with Crippen molar-refractivity contribution in [3.8, 4) is 11.5 Å². The lowest BCUT2D eigenvalue weighted by molar-refractivity contribution is -0.120. The minimum absolute atomic E-state index is 0.0816. The largest absolute Gasteiger partial charge is 0.497 e. The molecule has 2 aliphatic rings. The summed E-state index contributed by atoms with van der Waals surface area (Å²) < 4.78 is 38.9. The summed E-state index contributed by atoms with van der Waals surface area (Å²) in [5, 5.41) is 2.96. The Hall–Kier alpha value is -3.89. The van der Waals surface area contributed by atoms with Gasteiger partial charge < -0.3 is 19.7 Å². The fourth-order valence-electron chi connectivity index (χ4n) is 5.30. The van der Waals surface area contributed by atoms with Gasteiger partial charge >= 0.3 is 0 Å². The molecule has 40 heavy (non-hydrogen) atoms. The van der Waals surface area contributed by atoms with Gasteiger partial charge in [0.15, 0.2) is 0 Å². The Labute approximate surface area is 234 Å². The van der Waals surface area contributed by atoms with Crippen molar-refractivity contribution >= 4 is 33.2 Å². The van der Waals surface area contributed by atoms with Gasteiger partial charge in [-0.05, 0) is 85.8 Å². The van der Waals surface area contributed by atoms with Gasteiger partial charge in [-0.3, -0.25) is 9.59 Å². The molecule has 10 heteroatoms. The third kappa shape index (κ3) is 5.41. The molecule has 0 aromatic heterocycles. The van der Waals surface area contributed by atoms with Gasteiger partial charge in [-0.2, -0.15) is 4.31 Å². The molecule has 2 aliphatic heterocycles. The molecular weight excluding hydrogens is 530 g/mol. The summed E-state index contributed by atoms with van der Waals surface area (Å²) in [6, 6.07) is 17.6. The van der Waals surface area contributed by atoms with Crippen LogP contribution in [0.4, 0.5) is 11.4 Å². The number of rotatable bonds is 7. The average molecular weight is 564 g/mol. The van der Waals surface area contributed by atoms with Crippen LogP contribution in [-0.2, 0) is 21.2 Å². The highest BCUT2D eigenvalue weighted by Crippen LogP contribution is 2.34. The molecule has 0 spiro atoms. The molecule has 9 nitrogen and oxygen atoms in total. The quantitative estimate of drug-likeness (QED) is 0.461. The number of nitrogens with zero attached hydrogens (tertiary/aromatic N) is 2. The van der Waals surface area contributed by atoms with Gasteiger partial charge in [-0.15, -0.1) is 0 Å². The van der Waals surface area contributed by atoms with Crippen LogP contribution in [0.1, 0.15) is 34.3 Å².